The predicted octanol–water partition coefficient (Wildman–Crippen LogP) is 2.27. The van der Waals surface area contributed by atoms with Crippen molar-refractivity contribution in [2.45, 2.75) is 44.6 Å². The molecule has 1 fully saturated rings. The van der Waals surface area contributed by atoms with Gasteiger partial charge in [0.1, 0.15) is 16.6 Å². The second-order valence-corrected chi connectivity index (χ2v) is 6.25. The molecule has 5 N–H and O–H groups in total. The van der Waals surface area contributed by atoms with Crippen molar-refractivity contribution in [1.29, 1.82) is 0 Å². The largest absolute Gasteiger partial charge is 0.388 e. The highest BCUT2D eigenvalue weighted by Crippen LogP contribution is 2.34. The molecule has 0 aliphatic heterocycles. The first-order chi connectivity index (χ1) is 9.58. The Hall–Kier alpha value is -0.920. The molecule has 0 spiro atoms. The van der Waals surface area contributed by atoms with Gasteiger partial charge in [-0.3, -0.25) is 0 Å². The Morgan fingerprint density at radius 3 is 2.65 bits per heavy atom. The number of hydrazine groups is 1. The van der Waals surface area contributed by atoms with Gasteiger partial charge in [0.15, 0.2) is 5.82 Å². The van der Waals surface area contributed by atoms with Gasteiger partial charge in [0.05, 0.1) is 5.60 Å². The van der Waals surface area contributed by atoms with E-state index in [1.165, 1.54) is 12.7 Å². The molecule has 1 aliphatic carbocycles. The normalized spacial score (nSPS) is 26.3. The standard InChI is InChI=1S/C13H22BrN5O/c1-2-9-3-5-13(20,6-4-9)7-16-11-10(14)12(19-15)18-8-17-11/h8-9,20H,2-7,15H2,1H3,(H2,16,17,18,19). The van der Waals surface area contributed by atoms with Gasteiger partial charge >= 0.3 is 0 Å². The van der Waals surface area contributed by atoms with Gasteiger partial charge < -0.3 is 15.8 Å². The molecular weight excluding hydrogens is 322 g/mol. The summed E-state index contributed by atoms with van der Waals surface area (Å²) in [6.45, 7) is 2.70. The maximum atomic E-state index is 10.6. The summed E-state index contributed by atoms with van der Waals surface area (Å²) in [4.78, 5) is 8.15. The van der Waals surface area contributed by atoms with E-state index in [9.17, 15) is 5.11 Å². The maximum absolute atomic E-state index is 10.6. The fourth-order valence-electron chi connectivity index (χ4n) is 2.64. The van der Waals surface area contributed by atoms with Crippen LogP contribution in [-0.2, 0) is 0 Å². The zero-order valence-electron chi connectivity index (χ0n) is 11.7. The van der Waals surface area contributed by atoms with Crippen LogP contribution in [0.15, 0.2) is 10.8 Å². The topological polar surface area (TPSA) is 96.1 Å². The van der Waals surface area contributed by atoms with E-state index in [1.54, 1.807) is 0 Å². The molecule has 0 atom stereocenters. The van der Waals surface area contributed by atoms with Crippen LogP contribution in [0.1, 0.15) is 39.0 Å². The molecule has 112 valence electrons. The summed E-state index contributed by atoms with van der Waals surface area (Å²) in [5, 5.41) is 13.8. The average molecular weight is 344 g/mol. The smallest absolute Gasteiger partial charge is 0.159 e. The van der Waals surface area contributed by atoms with Crippen LogP contribution in [0.4, 0.5) is 11.6 Å². The fraction of sp³-hybridized carbons (Fsp3) is 0.692. The van der Waals surface area contributed by atoms with Crippen molar-refractivity contribution in [3.8, 4) is 0 Å². The Labute approximate surface area is 127 Å². The molecule has 1 aromatic rings. The Kier molecular flexibility index (Phi) is 5.17. The lowest BCUT2D eigenvalue weighted by molar-refractivity contribution is 0.00222. The number of nitrogens with zero attached hydrogens (tertiary/aromatic N) is 2. The van der Waals surface area contributed by atoms with E-state index < -0.39 is 5.60 Å². The van der Waals surface area contributed by atoms with E-state index >= 15 is 0 Å². The Bertz CT molecular complexity index is 448. The van der Waals surface area contributed by atoms with Gasteiger partial charge in [-0.25, -0.2) is 15.8 Å². The number of nitrogens with two attached hydrogens (primary N) is 1. The van der Waals surface area contributed by atoms with Crippen LogP contribution in [0.3, 0.4) is 0 Å². The predicted molar refractivity (Wildman–Crippen MR) is 83.2 cm³/mol. The second-order valence-electron chi connectivity index (χ2n) is 5.46. The van der Waals surface area contributed by atoms with Crippen LogP contribution in [0, 0.1) is 5.92 Å². The van der Waals surface area contributed by atoms with E-state index in [0.29, 0.717) is 22.7 Å². The molecule has 1 heterocycles. The minimum Gasteiger partial charge on any atom is -0.388 e. The molecule has 1 aromatic heterocycles. The number of rotatable bonds is 5. The van der Waals surface area contributed by atoms with E-state index in [1.807, 2.05) is 0 Å². The molecule has 0 saturated heterocycles. The molecule has 7 heteroatoms. The van der Waals surface area contributed by atoms with Crippen molar-refractivity contribution in [2.24, 2.45) is 11.8 Å². The van der Waals surface area contributed by atoms with E-state index in [-0.39, 0.29) is 0 Å². The molecular formula is C13H22BrN5O. The van der Waals surface area contributed by atoms with Gasteiger partial charge in [-0.1, -0.05) is 13.3 Å². The van der Waals surface area contributed by atoms with Crippen LogP contribution in [0.2, 0.25) is 0 Å². The number of aliphatic hydroxyl groups is 1. The Balaban J connectivity index is 1.95. The van der Waals surface area contributed by atoms with Crippen LogP contribution < -0.4 is 16.6 Å². The van der Waals surface area contributed by atoms with E-state index in [0.717, 1.165) is 31.6 Å². The molecule has 0 bridgehead atoms. The van der Waals surface area contributed by atoms with Crippen LogP contribution in [0.5, 0.6) is 0 Å². The zero-order chi connectivity index (χ0) is 14.6. The Morgan fingerprint density at radius 2 is 2.05 bits per heavy atom. The first kappa shape index (κ1) is 15.5. The maximum Gasteiger partial charge on any atom is 0.159 e. The summed E-state index contributed by atoms with van der Waals surface area (Å²) in [5.41, 5.74) is 1.85. The van der Waals surface area contributed by atoms with Crippen molar-refractivity contribution in [2.75, 3.05) is 17.3 Å². The van der Waals surface area contributed by atoms with E-state index in [4.69, 9.17) is 5.84 Å². The number of hydrogen-bond acceptors (Lipinski definition) is 6. The first-order valence-corrected chi connectivity index (χ1v) is 7.80. The van der Waals surface area contributed by atoms with Crippen LogP contribution in [-0.4, -0.2) is 27.2 Å². The highest BCUT2D eigenvalue weighted by molar-refractivity contribution is 9.10. The number of nitrogens with one attached hydrogen (secondary N) is 2. The first-order valence-electron chi connectivity index (χ1n) is 7.01. The lowest BCUT2D eigenvalue weighted by Gasteiger charge is -2.36. The van der Waals surface area contributed by atoms with E-state index in [2.05, 4.69) is 43.6 Å². The van der Waals surface area contributed by atoms with Gasteiger partial charge in [-0.15, -0.1) is 0 Å². The second kappa shape index (κ2) is 6.69. The zero-order valence-corrected chi connectivity index (χ0v) is 13.3. The van der Waals surface area contributed by atoms with Gasteiger partial charge in [0.25, 0.3) is 0 Å². The fourth-order valence-corrected chi connectivity index (χ4v) is 3.10. The van der Waals surface area contributed by atoms with Crippen molar-refractivity contribution >= 4 is 27.6 Å². The van der Waals surface area contributed by atoms with Gasteiger partial charge in [-0.05, 0) is 47.5 Å². The molecule has 20 heavy (non-hydrogen) atoms. The lowest BCUT2D eigenvalue weighted by atomic mass is 9.78. The van der Waals surface area contributed by atoms with Crippen LogP contribution >= 0.6 is 15.9 Å². The molecule has 0 amide bonds. The molecule has 0 unspecified atom stereocenters. The van der Waals surface area contributed by atoms with Crippen molar-refractivity contribution in [1.82, 2.24) is 9.97 Å². The number of nitrogen functional groups attached to an aromatic ring is 1. The lowest BCUT2D eigenvalue weighted by Crippen LogP contribution is -2.40. The summed E-state index contributed by atoms with van der Waals surface area (Å²) in [5.74, 6) is 7.28. The molecule has 1 aliphatic rings. The minimum absolute atomic E-state index is 0.489. The summed E-state index contributed by atoms with van der Waals surface area (Å²) >= 11 is 3.39. The monoisotopic (exact) mass is 343 g/mol. The Morgan fingerprint density at radius 1 is 1.40 bits per heavy atom. The average Bonchev–Trinajstić information content (AvgIpc) is 2.47. The third-order valence-electron chi connectivity index (χ3n) is 4.12. The molecule has 0 aromatic carbocycles. The van der Waals surface area contributed by atoms with Crippen molar-refractivity contribution in [3.05, 3.63) is 10.8 Å². The number of hydrogen-bond donors (Lipinski definition) is 4. The van der Waals surface area contributed by atoms with Crippen LogP contribution in [0.25, 0.3) is 0 Å². The number of halogens is 1. The number of aromatic nitrogens is 2. The molecule has 0 radical (unpaired) electrons. The van der Waals surface area contributed by atoms with Gasteiger partial charge in [0.2, 0.25) is 0 Å². The SMILES string of the molecule is CCC1CCC(O)(CNc2ncnc(NN)c2Br)CC1. The molecule has 6 nitrogen and oxygen atoms in total. The van der Waals surface area contributed by atoms with Crippen molar-refractivity contribution in [3.63, 3.8) is 0 Å². The van der Waals surface area contributed by atoms with Gasteiger partial charge in [0, 0.05) is 6.54 Å². The third-order valence-corrected chi connectivity index (χ3v) is 4.88. The summed E-state index contributed by atoms with van der Waals surface area (Å²) in [6, 6.07) is 0. The minimum atomic E-state index is -0.646. The molecule has 1 saturated carbocycles. The third kappa shape index (κ3) is 3.59. The van der Waals surface area contributed by atoms with Gasteiger partial charge in [-0.2, -0.15) is 0 Å². The molecule has 2 rings (SSSR count). The summed E-state index contributed by atoms with van der Waals surface area (Å²) in [6.07, 6.45) is 6.49. The summed E-state index contributed by atoms with van der Waals surface area (Å²) in [7, 11) is 0. The highest BCUT2D eigenvalue weighted by Gasteiger charge is 2.32. The highest BCUT2D eigenvalue weighted by atomic mass is 79.9. The summed E-state index contributed by atoms with van der Waals surface area (Å²) < 4.78 is 0.674. The number of anilines is 2. The quantitative estimate of drug-likeness (QED) is 0.483. The van der Waals surface area contributed by atoms with Crippen molar-refractivity contribution < 1.29 is 5.11 Å².